The zero-order chi connectivity index (χ0) is 25.6. The third-order valence-electron chi connectivity index (χ3n) is 4.68. The van der Waals surface area contributed by atoms with Crippen LogP contribution in [0.15, 0.2) is 104 Å². The van der Waals surface area contributed by atoms with Crippen molar-refractivity contribution in [1.29, 1.82) is 0 Å². The molecule has 0 fully saturated rings. The zero-order valence-electron chi connectivity index (χ0n) is 18.4. The molecule has 0 amide bonds. The number of nitrogens with zero attached hydrogens (tertiary/aromatic N) is 2. The maximum atomic E-state index is 12.4. The van der Waals surface area contributed by atoms with E-state index in [2.05, 4.69) is 37.2 Å². The predicted molar refractivity (Wildman–Crippen MR) is 140 cm³/mol. The van der Waals surface area contributed by atoms with Crippen LogP contribution in [0.2, 0.25) is 0 Å². The fraction of sp³-hybridized carbons (Fsp3) is 0.0870. The van der Waals surface area contributed by atoms with Crippen molar-refractivity contribution in [2.75, 3.05) is 7.05 Å². The van der Waals surface area contributed by atoms with Crippen molar-refractivity contribution < 1.29 is 21.6 Å². The van der Waals surface area contributed by atoms with Gasteiger partial charge in [-0.1, -0.05) is 36.4 Å². The van der Waals surface area contributed by atoms with Crippen molar-refractivity contribution in [3.8, 4) is 0 Å². The largest absolute Gasteiger partial charge is 0.316 e. The summed E-state index contributed by atoms with van der Waals surface area (Å²) in [5.74, 6) is 0. The lowest BCUT2D eigenvalue weighted by atomic mass is 10.3. The SMILES string of the molecule is CNCc1cc(Br)n(S(=O)(=O)c2ccccc2)c1.O=Cc1cc(Br)n(S(=O)(=O)c2ccccc2)c1. The highest BCUT2D eigenvalue weighted by molar-refractivity contribution is 9.10. The second kappa shape index (κ2) is 11.5. The minimum atomic E-state index is -3.65. The number of hydrogen-bond donors (Lipinski definition) is 1. The van der Waals surface area contributed by atoms with Crippen molar-refractivity contribution >= 4 is 58.2 Å². The summed E-state index contributed by atoms with van der Waals surface area (Å²) in [6.45, 7) is 0.621. The van der Waals surface area contributed by atoms with Gasteiger partial charge in [0, 0.05) is 24.5 Å². The molecule has 35 heavy (non-hydrogen) atoms. The Balaban J connectivity index is 0.000000196. The van der Waals surface area contributed by atoms with Gasteiger partial charge in [0.2, 0.25) is 0 Å². The Morgan fingerprint density at radius 2 is 1.23 bits per heavy atom. The molecule has 184 valence electrons. The summed E-state index contributed by atoms with van der Waals surface area (Å²) < 4.78 is 52.3. The summed E-state index contributed by atoms with van der Waals surface area (Å²) in [6, 6.07) is 19.6. The Morgan fingerprint density at radius 1 is 0.771 bits per heavy atom. The molecule has 8 nitrogen and oxygen atoms in total. The number of rotatable bonds is 7. The van der Waals surface area contributed by atoms with Gasteiger partial charge in [0.25, 0.3) is 20.0 Å². The third kappa shape index (κ3) is 6.19. The highest BCUT2D eigenvalue weighted by atomic mass is 79.9. The molecular weight excluding hydrogens is 622 g/mol. The summed E-state index contributed by atoms with van der Waals surface area (Å²) in [4.78, 5) is 11.1. The summed E-state index contributed by atoms with van der Waals surface area (Å²) in [7, 11) is -5.36. The topological polar surface area (TPSA) is 107 Å². The van der Waals surface area contributed by atoms with Crippen LogP contribution in [-0.2, 0) is 26.6 Å². The van der Waals surface area contributed by atoms with Crippen LogP contribution in [0.25, 0.3) is 0 Å². The van der Waals surface area contributed by atoms with Gasteiger partial charge in [-0.3, -0.25) is 4.79 Å². The van der Waals surface area contributed by atoms with Gasteiger partial charge in [0.05, 0.1) is 9.79 Å². The average molecular weight is 643 g/mol. The number of hydrogen-bond acceptors (Lipinski definition) is 6. The number of carbonyl (C=O) groups is 1. The first-order valence-electron chi connectivity index (χ1n) is 10.1. The van der Waals surface area contributed by atoms with Crippen molar-refractivity contribution in [3.05, 3.63) is 106 Å². The molecule has 2 aromatic heterocycles. The van der Waals surface area contributed by atoms with Gasteiger partial charge >= 0.3 is 0 Å². The van der Waals surface area contributed by atoms with Crippen molar-refractivity contribution in [2.24, 2.45) is 0 Å². The predicted octanol–water partition coefficient (Wildman–Crippen LogP) is 4.51. The van der Waals surface area contributed by atoms with E-state index in [9.17, 15) is 21.6 Å². The second-order valence-corrected chi connectivity index (χ2v) is 12.4. The molecule has 0 aliphatic heterocycles. The zero-order valence-corrected chi connectivity index (χ0v) is 23.2. The van der Waals surface area contributed by atoms with Crippen LogP contribution < -0.4 is 5.32 Å². The molecule has 4 rings (SSSR count). The minimum absolute atomic E-state index is 0.175. The van der Waals surface area contributed by atoms with Gasteiger partial charge in [-0.2, -0.15) is 0 Å². The first kappa shape index (κ1) is 27.1. The fourth-order valence-corrected chi connectivity index (χ4v) is 7.51. The Bertz CT molecular complexity index is 1520. The molecule has 0 spiro atoms. The van der Waals surface area contributed by atoms with E-state index in [1.807, 2.05) is 7.05 Å². The highest BCUT2D eigenvalue weighted by Gasteiger charge is 2.20. The molecule has 1 N–H and O–H groups in total. The first-order valence-corrected chi connectivity index (χ1v) is 14.5. The van der Waals surface area contributed by atoms with Crippen LogP contribution >= 0.6 is 31.9 Å². The van der Waals surface area contributed by atoms with Crippen LogP contribution in [0.5, 0.6) is 0 Å². The Kier molecular flexibility index (Phi) is 8.89. The maximum Gasteiger partial charge on any atom is 0.268 e. The fourth-order valence-electron chi connectivity index (χ4n) is 3.05. The monoisotopic (exact) mass is 641 g/mol. The normalized spacial score (nSPS) is 11.5. The van der Waals surface area contributed by atoms with Crippen molar-refractivity contribution in [1.82, 2.24) is 13.3 Å². The van der Waals surface area contributed by atoms with E-state index in [4.69, 9.17) is 0 Å². The number of benzene rings is 2. The molecule has 0 bridgehead atoms. The molecule has 0 atom stereocenters. The standard InChI is InChI=1S/C12H13BrN2O2S.C11H8BrNO3S/c1-14-8-10-7-12(13)15(9-10)18(16,17)11-5-3-2-4-6-11;12-11-6-9(8-14)7-13(11)17(15,16)10-4-2-1-3-5-10/h2-7,9,14H,8H2,1H3;1-8H. The summed E-state index contributed by atoms with van der Waals surface area (Å²) >= 11 is 6.39. The number of aromatic nitrogens is 2. The van der Waals surface area contributed by atoms with E-state index < -0.39 is 20.0 Å². The summed E-state index contributed by atoms with van der Waals surface area (Å²) in [6.07, 6.45) is 3.49. The van der Waals surface area contributed by atoms with Crippen molar-refractivity contribution in [2.45, 2.75) is 16.3 Å². The lowest BCUT2D eigenvalue weighted by Crippen LogP contribution is -2.12. The maximum absolute atomic E-state index is 12.4. The molecule has 0 aliphatic carbocycles. The molecule has 0 saturated heterocycles. The van der Waals surface area contributed by atoms with Gasteiger partial charge in [0.15, 0.2) is 6.29 Å². The van der Waals surface area contributed by atoms with Crippen LogP contribution in [0.3, 0.4) is 0 Å². The average Bonchev–Trinajstić information content (AvgIpc) is 3.43. The summed E-state index contributed by atoms with van der Waals surface area (Å²) in [5, 5.41) is 2.99. The van der Waals surface area contributed by atoms with E-state index in [0.717, 1.165) is 9.54 Å². The van der Waals surface area contributed by atoms with Crippen LogP contribution in [0.4, 0.5) is 0 Å². The molecule has 0 saturated carbocycles. The lowest BCUT2D eigenvalue weighted by Gasteiger charge is -2.06. The molecule has 0 aliphatic rings. The van der Waals surface area contributed by atoms with Gasteiger partial charge in [-0.05, 0) is 80.9 Å². The van der Waals surface area contributed by atoms with E-state index >= 15 is 0 Å². The Hall–Kier alpha value is -2.51. The van der Waals surface area contributed by atoms with E-state index in [0.29, 0.717) is 27.6 Å². The lowest BCUT2D eigenvalue weighted by molar-refractivity contribution is 0.112. The molecule has 12 heteroatoms. The Morgan fingerprint density at radius 3 is 1.66 bits per heavy atom. The van der Waals surface area contributed by atoms with E-state index in [1.165, 1.54) is 28.4 Å². The van der Waals surface area contributed by atoms with E-state index in [1.54, 1.807) is 60.8 Å². The molecule has 0 unspecified atom stereocenters. The number of nitrogens with one attached hydrogen (secondary N) is 1. The van der Waals surface area contributed by atoms with Crippen LogP contribution in [-0.4, -0.2) is 38.1 Å². The quantitative estimate of drug-likeness (QED) is 0.297. The molecule has 0 radical (unpaired) electrons. The smallest absolute Gasteiger partial charge is 0.268 e. The highest BCUT2D eigenvalue weighted by Crippen LogP contribution is 2.23. The molecule has 4 aromatic rings. The van der Waals surface area contributed by atoms with Gasteiger partial charge in [-0.15, -0.1) is 0 Å². The number of halogens is 2. The minimum Gasteiger partial charge on any atom is -0.316 e. The van der Waals surface area contributed by atoms with Gasteiger partial charge < -0.3 is 5.32 Å². The first-order chi connectivity index (χ1) is 16.6. The second-order valence-electron chi connectivity index (χ2n) is 7.14. The number of carbonyl (C=O) groups excluding carboxylic acids is 1. The van der Waals surface area contributed by atoms with Gasteiger partial charge in [-0.25, -0.2) is 24.8 Å². The van der Waals surface area contributed by atoms with Gasteiger partial charge in [0.1, 0.15) is 9.21 Å². The van der Waals surface area contributed by atoms with Crippen molar-refractivity contribution in [3.63, 3.8) is 0 Å². The number of aldehydes is 1. The van der Waals surface area contributed by atoms with Crippen LogP contribution in [0.1, 0.15) is 15.9 Å². The molecular formula is C23H21Br2N3O5S2. The molecule has 2 aromatic carbocycles. The summed E-state index contributed by atoms with van der Waals surface area (Å²) in [5.41, 5.74) is 1.21. The van der Waals surface area contributed by atoms with E-state index in [-0.39, 0.29) is 9.79 Å². The Labute approximate surface area is 221 Å². The third-order valence-corrected chi connectivity index (χ3v) is 9.75. The molecule has 2 heterocycles. The van der Waals surface area contributed by atoms with Crippen LogP contribution in [0, 0.1) is 0 Å².